The molecule has 0 atom stereocenters. The van der Waals surface area contributed by atoms with Crippen LogP contribution >= 0.6 is 11.6 Å². The Labute approximate surface area is 220 Å². The number of amides is 4. The molecule has 38 heavy (non-hydrogen) atoms. The Bertz CT molecular complexity index is 1520. The lowest BCUT2D eigenvalue weighted by atomic mass is 9.92. The molecule has 2 aromatic carbocycles. The van der Waals surface area contributed by atoms with Gasteiger partial charge in [-0.1, -0.05) is 16.8 Å². The van der Waals surface area contributed by atoms with Gasteiger partial charge in [0.2, 0.25) is 11.7 Å². The van der Waals surface area contributed by atoms with Crippen molar-refractivity contribution >= 4 is 35.1 Å². The number of pyridine rings is 1. The van der Waals surface area contributed by atoms with E-state index in [2.05, 4.69) is 25.8 Å². The van der Waals surface area contributed by atoms with Gasteiger partial charge < -0.3 is 14.2 Å². The van der Waals surface area contributed by atoms with Crippen molar-refractivity contribution in [2.24, 2.45) is 0 Å². The van der Waals surface area contributed by atoms with Crippen LogP contribution in [0.1, 0.15) is 12.8 Å². The molecule has 2 aromatic heterocycles. The number of nitrogens with zero attached hydrogens (tertiary/aromatic N) is 4. The van der Waals surface area contributed by atoms with E-state index in [1.165, 1.54) is 6.20 Å². The largest absolute Gasteiger partial charge is 0.439 e. The maximum Gasteiger partial charge on any atom is 0.328 e. The van der Waals surface area contributed by atoms with E-state index < -0.39 is 23.4 Å². The number of ether oxygens (including phenoxy) is 1. The third-order valence-corrected chi connectivity index (χ3v) is 6.72. The van der Waals surface area contributed by atoms with Crippen molar-refractivity contribution < 1.29 is 23.6 Å². The summed E-state index contributed by atoms with van der Waals surface area (Å²) in [6, 6.07) is 16.8. The predicted octanol–water partition coefficient (Wildman–Crippen LogP) is 3.95. The maximum atomic E-state index is 12.6. The summed E-state index contributed by atoms with van der Waals surface area (Å²) in [7, 11) is 0. The topological polar surface area (TPSA) is 140 Å². The normalized spacial score (nSPS) is 16.4. The van der Waals surface area contributed by atoms with Crippen LogP contribution in [0, 0.1) is 0 Å². The van der Waals surface area contributed by atoms with Gasteiger partial charge in [0.1, 0.15) is 5.75 Å². The molecular formula is C26H19ClN6O5. The number of benzene rings is 2. The van der Waals surface area contributed by atoms with Crippen molar-refractivity contribution in [3.8, 4) is 34.5 Å². The number of hydrogen-bond donors (Lipinski definition) is 2. The number of halogens is 1. The molecule has 0 aliphatic carbocycles. The van der Waals surface area contributed by atoms with Crippen LogP contribution in [0.5, 0.6) is 11.6 Å². The molecule has 4 heterocycles. The fourth-order valence-corrected chi connectivity index (χ4v) is 4.75. The van der Waals surface area contributed by atoms with Gasteiger partial charge in [-0.15, -0.1) is 0 Å². The second kappa shape index (κ2) is 9.27. The highest BCUT2D eigenvalue weighted by molar-refractivity contribution is 6.30. The van der Waals surface area contributed by atoms with Gasteiger partial charge >= 0.3 is 6.03 Å². The standard InChI is InChI=1S/C26H19ClN6O5/c27-17-6-2-16(3-7-17)22-29-21(32-38-22)15-4-9-19(10-5-15)37-20-11-8-18(14-28-20)33-13-1-12-26(33)23(34)30-25(36)31-24(26)35/h2-11,14H,1,12-13H2,(H2,30,31,34,35,36). The first kappa shape index (κ1) is 23.6. The summed E-state index contributed by atoms with van der Waals surface area (Å²) in [5.41, 5.74) is 0.599. The Kier molecular flexibility index (Phi) is 5.76. The first-order chi connectivity index (χ1) is 18.4. The van der Waals surface area contributed by atoms with Crippen LogP contribution in [0.4, 0.5) is 10.5 Å². The van der Waals surface area contributed by atoms with E-state index in [1.54, 1.807) is 65.6 Å². The summed E-state index contributed by atoms with van der Waals surface area (Å²) in [6.45, 7) is 0.466. The Morgan fingerprint density at radius 2 is 1.63 bits per heavy atom. The van der Waals surface area contributed by atoms with E-state index >= 15 is 0 Å². The van der Waals surface area contributed by atoms with E-state index in [9.17, 15) is 14.4 Å². The number of hydrogen-bond acceptors (Lipinski definition) is 9. The number of urea groups is 1. The second-order valence-electron chi connectivity index (χ2n) is 8.76. The number of imide groups is 2. The van der Waals surface area contributed by atoms with E-state index in [1.807, 2.05) is 0 Å². The molecule has 2 aliphatic rings. The molecule has 2 fully saturated rings. The van der Waals surface area contributed by atoms with Crippen LogP contribution in [0.25, 0.3) is 22.8 Å². The molecule has 11 nitrogen and oxygen atoms in total. The van der Waals surface area contributed by atoms with Crippen molar-refractivity contribution in [1.29, 1.82) is 0 Å². The molecular weight excluding hydrogens is 512 g/mol. The van der Waals surface area contributed by atoms with E-state index in [0.717, 1.165) is 11.1 Å². The molecule has 0 unspecified atom stereocenters. The van der Waals surface area contributed by atoms with Gasteiger partial charge in [-0.05, 0) is 67.4 Å². The molecule has 190 valence electrons. The summed E-state index contributed by atoms with van der Waals surface area (Å²) in [4.78, 5) is 47.3. The van der Waals surface area contributed by atoms with Crippen molar-refractivity contribution in [3.05, 3.63) is 71.9 Å². The van der Waals surface area contributed by atoms with Crippen LogP contribution in [-0.4, -0.2) is 45.1 Å². The third kappa shape index (κ3) is 4.12. The number of aromatic nitrogens is 3. The zero-order chi connectivity index (χ0) is 26.3. The summed E-state index contributed by atoms with van der Waals surface area (Å²) < 4.78 is 11.2. The van der Waals surface area contributed by atoms with Crippen LogP contribution in [0.2, 0.25) is 5.02 Å². The fraction of sp³-hybridized carbons (Fsp3) is 0.154. The third-order valence-electron chi connectivity index (χ3n) is 6.47. The van der Waals surface area contributed by atoms with Crippen LogP contribution in [-0.2, 0) is 9.59 Å². The van der Waals surface area contributed by atoms with Gasteiger partial charge in [-0.25, -0.2) is 9.78 Å². The molecule has 0 bridgehead atoms. The van der Waals surface area contributed by atoms with E-state index in [0.29, 0.717) is 53.4 Å². The Balaban J connectivity index is 1.15. The minimum absolute atomic E-state index is 0.296. The first-order valence-electron chi connectivity index (χ1n) is 11.7. The quantitative estimate of drug-likeness (QED) is 0.367. The molecule has 2 aliphatic heterocycles. The van der Waals surface area contributed by atoms with Crippen molar-refractivity contribution in [2.75, 3.05) is 11.4 Å². The number of anilines is 1. The van der Waals surface area contributed by atoms with Gasteiger partial charge in [0.25, 0.3) is 17.7 Å². The fourth-order valence-electron chi connectivity index (χ4n) is 4.62. The van der Waals surface area contributed by atoms with Gasteiger partial charge in [-0.2, -0.15) is 4.98 Å². The highest BCUT2D eigenvalue weighted by Gasteiger charge is 2.57. The van der Waals surface area contributed by atoms with Crippen molar-refractivity contribution in [3.63, 3.8) is 0 Å². The molecule has 2 N–H and O–H groups in total. The Morgan fingerprint density at radius 1 is 0.921 bits per heavy atom. The lowest BCUT2D eigenvalue weighted by molar-refractivity contribution is -0.137. The molecule has 6 rings (SSSR count). The van der Waals surface area contributed by atoms with Crippen LogP contribution < -0.4 is 20.3 Å². The lowest BCUT2D eigenvalue weighted by Crippen LogP contribution is -2.71. The van der Waals surface area contributed by atoms with Crippen LogP contribution in [0.3, 0.4) is 0 Å². The number of nitrogens with one attached hydrogen (secondary N) is 2. The van der Waals surface area contributed by atoms with Crippen molar-refractivity contribution in [1.82, 2.24) is 25.8 Å². The van der Waals surface area contributed by atoms with E-state index in [-0.39, 0.29) is 0 Å². The molecule has 0 saturated carbocycles. The van der Waals surface area contributed by atoms with Crippen LogP contribution in [0.15, 0.2) is 71.4 Å². The minimum Gasteiger partial charge on any atom is -0.439 e. The summed E-state index contributed by atoms with van der Waals surface area (Å²) in [6.07, 6.45) is 2.44. The SMILES string of the molecule is O=C1NC(=O)C2(CCCN2c2ccc(Oc3ccc(-c4noc(-c5ccc(Cl)cc5)n4)cc3)nc2)C(=O)N1. The van der Waals surface area contributed by atoms with E-state index in [4.69, 9.17) is 20.9 Å². The summed E-state index contributed by atoms with van der Waals surface area (Å²) in [5, 5.41) is 9.06. The highest BCUT2D eigenvalue weighted by Crippen LogP contribution is 2.36. The van der Waals surface area contributed by atoms with Gasteiger partial charge in [0.15, 0.2) is 5.54 Å². The summed E-state index contributed by atoms with van der Waals surface area (Å²) >= 11 is 5.93. The maximum absolute atomic E-state index is 12.6. The number of barbiturate groups is 1. The Hall–Kier alpha value is -4.77. The molecule has 2 saturated heterocycles. The zero-order valence-corrected chi connectivity index (χ0v) is 20.4. The number of carbonyl (C=O) groups is 3. The number of rotatable bonds is 5. The molecule has 4 aromatic rings. The molecule has 4 amide bonds. The molecule has 1 spiro atoms. The Morgan fingerprint density at radius 3 is 2.32 bits per heavy atom. The summed E-state index contributed by atoms with van der Waals surface area (Å²) in [5.74, 6) is 0.415. The molecule has 12 heteroatoms. The lowest BCUT2D eigenvalue weighted by Gasteiger charge is -2.38. The smallest absolute Gasteiger partial charge is 0.328 e. The van der Waals surface area contributed by atoms with Gasteiger partial charge in [0.05, 0.1) is 11.9 Å². The van der Waals surface area contributed by atoms with Gasteiger partial charge in [-0.3, -0.25) is 20.2 Å². The van der Waals surface area contributed by atoms with Gasteiger partial charge in [0, 0.05) is 28.8 Å². The average molecular weight is 531 g/mol. The predicted molar refractivity (Wildman–Crippen MR) is 135 cm³/mol. The second-order valence-corrected chi connectivity index (χ2v) is 9.20. The molecule has 0 radical (unpaired) electrons. The average Bonchev–Trinajstić information content (AvgIpc) is 3.58. The number of carbonyl (C=O) groups excluding carboxylic acids is 3. The first-order valence-corrected chi connectivity index (χ1v) is 12.1. The zero-order valence-electron chi connectivity index (χ0n) is 19.7. The highest BCUT2D eigenvalue weighted by atomic mass is 35.5. The minimum atomic E-state index is -1.48. The monoisotopic (exact) mass is 530 g/mol. The van der Waals surface area contributed by atoms with Crippen molar-refractivity contribution in [2.45, 2.75) is 18.4 Å².